The van der Waals surface area contributed by atoms with Crippen LogP contribution in [-0.2, 0) is 0 Å². The van der Waals surface area contributed by atoms with E-state index in [9.17, 15) is 5.11 Å². The molecule has 1 aliphatic rings. The summed E-state index contributed by atoms with van der Waals surface area (Å²) in [5.74, 6) is 1.71. The van der Waals surface area contributed by atoms with Gasteiger partial charge >= 0.3 is 0 Å². The fourth-order valence-electron chi connectivity index (χ4n) is 2.53. The third-order valence-corrected chi connectivity index (χ3v) is 3.76. The van der Waals surface area contributed by atoms with Gasteiger partial charge in [-0.3, -0.25) is 0 Å². The second kappa shape index (κ2) is 6.16. The Morgan fingerprint density at radius 3 is 2.76 bits per heavy atom. The molecule has 0 bridgehead atoms. The molecule has 0 spiro atoms. The lowest BCUT2D eigenvalue weighted by Gasteiger charge is -2.16. The molecule has 0 saturated heterocycles. The Morgan fingerprint density at radius 2 is 2.00 bits per heavy atom. The third kappa shape index (κ3) is 3.01. The molecule has 4 nitrogen and oxygen atoms in total. The maximum Gasteiger partial charge on any atom is 0.124 e. The maximum atomic E-state index is 10.2. The smallest absolute Gasteiger partial charge is 0.124 e. The van der Waals surface area contributed by atoms with E-state index in [1.807, 2.05) is 42.5 Å². The summed E-state index contributed by atoms with van der Waals surface area (Å²) in [6.45, 7) is 1.09. The number of hydrogen-bond donors (Lipinski definition) is 2. The van der Waals surface area contributed by atoms with Gasteiger partial charge in [0, 0.05) is 12.1 Å². The van der Waals surface area contributed by atoms with E-state index in [-0.39, 0.29) is 6.04 Å². The first-order valence-electron chi connectivity index (χ1n) is 7.05. The van der Waals surface area contributed by atoms with Crippen LogP contribution in [0.2, 0.25) is 0 Å². The number of aliphatic hydroxyl groups is 1. The average molecular weight is 285 g/mol. The molecular formula is C17H19NO3. The molecule has 0 amide bonds. The van der Waals surface area contributed by atoms with Crippen molar-refractivity contribution in [3.8, 4) is 11.5 Å². The van der Waals surface area contributed by atoms with E-state index in [4.69, 9.17) is 9.47 Å². The molecule has 2 aromatic carbocycles. The van der Waals surface area contributed by atoms with Crippen LogP contribution in [0.4, 0.5) is 0 Å². The summed E-state index contributed by atoms with van der Waals surface area (Å²) in [6, 6.07) is 15.6. The van der Waals surface area contributed by atoms with E-state index in [0.717, 1.165) is 22.6 Å². The van der Waals surface area contributed by atoms with Crippen molar-refractivity contribution in [2.24, 2.45) is 0 Å². The molecule has 1 heterocycles. The van der Waals surface area contributed by atoms with Gasteiger partial charge in [-0.25, -0.2) is 0 Å². The van der Waals surface area contributed by atoms with Crippen LogP contribution in [-0.4, -0.2) is 25.4 Å². The Labute approximate surface area is 124 Å². The van der Waals surface area contributed by atoms with E-state index in [1.165, 1.54) is 0 Å². The number of hydrogen-bond acceptors (Lipinski definition) is 4. The lowest BCUT2D eigenvalue weighted by Crippen LogP contribution is -2.27. The van der Waals surface area contributed by atoms with E-state index < -0.39 is 6.10 Å². The molecule has 0 saturated carbocycles. The average Bonchev–Trinajstić information content (AvgIpc) is 2.96. The summed E-state index contributed by atoms with van der Waals surface area (Å²) in [7, 11) is 1.63. The zero-order valence-corrected chi connectivity index (χ0v) is 12.0. The van der Waals surface area contributed by atoms with Gasteiger partial charge in [0.15, 0.2) is 0 Å². The third-order valence-electron chi connectivity index (χ3n) is 3.76. The van der Waals surface area contributed by atoms with Gasteiger partial charge in [-0.05, 0) is 23.8 Å². The summed E-state index contributed by atoms with van der Waals surface area (Å²) in [5, 5.41) is 13.6. The van der Waals surface area contributed by atoms with Crippen molar-refractivity contribution in [2.45, 2.75) is 12.1 Å². The van der Waals surface area contributed by atoms with Crippen LogP contribution < -0.4 is 14.8 Å². The molecule has 4 heteroatoms. The molecule has 110 valence electrons. The number of para-hydroxylation sites is 1. The van der Waals surface area contributed by atoms with Gasteiger partial charge in [-0.2, -0.15) is 0 Å². The van der Waals surface area contributed by atoms with Crippen LogP contribution in [0.3, 0.4) is 0 Å². The minimum atomic E-state index is -0.552. The maximum absolute atomic E-state index is 10.2. The van der Waals surface area contributed by atoms with Gasteiger partial charge in [-0.1, -0.05) is 30.3 Å². The molecule has 2 atom stereocenters. The lowest BCUT2D eigenvalue weighted by molar-refractivity contribution is 0.166. The number of fused-ring (bicyclic) bond motifs is 1. The summed E-state index contributed by atoms with van der Waals surface area (Å²) in [4.78, 5) is 0. The molecule has 2 N–H and O–H groups in total. The van der Waals surface area contributed by atoms with Crippen molar-refractivity contribution < 1.29 is 14.6 Å². The molecule has 2 aromatic rings. The molecule has 0 radical (unpaired) electrons. The Morgan fingerprint density at radius 1 is 1.24 bits per heavy atom. The predicted octanol–water partition coefficient (Wildman–Crippen LogP) is 2.45. The van der Waals surface area contributed by atoms with Gasteiger partial charge < -0.3 is 19.9 Å². The van der Waals surface area contributed by atoms with Crippen LogP contribution >= 0.6 is 0 Å². The summed E-state index contributed by atoms with van der Waals surface area (Å²) >= 11 is 0. The molecular weight excluding hydrogens is 266 g/mol. The quantitative estimate of drug-likeness (QED) is 0.886. The normalized spacial score (nSPS) is 17.9. The van der Waals surface area contributed by atoms with Gasteiger partial charge in [0.2, 0.25) is 0 Å². The number of benzene rings is 2. The number of methoxy groups -OCH3 is 1. The minimum Gasteiger partial charge on any atom is -0.497 e. The number of aliphatic hydroxyl groups excluding tert-OH is 1. The van der Waals surface area contributed by atoms with Crippen molar-refractivity contribution in [3.05, 3.63) is 59.7 Å². The minimum absolute atomic E-state index is 0.133. The van der Waals surface area contributed by atoms with Crippen molar-refractivity contribution in [3.63, 3.8) is 0 Å². The van der Waals surface area contributed by atoms with E-state index in [2.05, 4.69) is 11.4 Å². The first kappa shape index (κ1) is 13.9. The predicted molar refractivity (Wildman–Crippen MR) is 80.6 cm³/mol. The Hall–Kier alpha value is -2.04. The largest absolute Gasteiger partial charge is 0.497 e. The fraction of sp³-hybridized carbons (Fsp3) is 0.294. The molecule has 2 unspecified atom stereocenters. The van der Waals surface area contributed by atoms with Crippen molar-refractivity contribution in [1.29, 1.82) is 0 Å². The van der Waals surface area contributed by atoms with Crippen LogP contribution in [0.1, 0.15) is 23.3 Å². The highest BCUT2D eigenvalue weighted by atomic mass is 16.5. The van der Waals surface area contributed by atoms with E-state index in [0.29, 0.717) is 13.2 Å². The number of rotatable bonds is 5. The van der Waals surface area contributed by atoms with Crippen molar-refractivity contribution >= 4 is 0 Å². The fourth-order valence-corrected chi connectivity index (χ4v) is 2.53. The molecule has 1 aliphatic heterocycles. The Bertz CT molecular complexity index is 597. The van der Waals surface area contributed by atoms with Gasteiger partial charge in [0.25, 0.3) is 0 Å². The second-order valence-electron chi connectivity index (χ2n) is 5.10. The lowest BCUT2D eigenvalue weighted by atomic mass is 10.1. The highest BCUT2D eigenvalue weighted by Crippen LogP contribution is 2.31. The summed E-state index contributed by atoms with van der Waals surface area (Å²) in [5.41, 5.74) is 2.02. The number of ether oxygens (including phenoxy) is 2. The van der Waals surface area contributed by atoms with Crippen LogP contribution in [0.15, 0.2) is 48.5 Å². The first-order chi connectivity index (χ1) is 10.3. The van der Waals surface area contributed by atoms with Crippen molar-refractivity contribution in [1.82, 2.24) is 5.32 Å². The Kier molecular flexibility index (Phi) is 4.08. The molecule has 3 rings (SSSR count). The molecule has 0 aliphatic carbocycles. The standard InChI is InChI=1S/C17H19NO3/c1-20-13-8-6-12(7-9-13)16(19)10-18-15-11-21-17-5-3-2-4-14(15)17/h2-9,15-16,18-19H,10-11H2,1H3. The second-order valence-corrected chi connectivity index (χ2v) is 5.10. The highest BCUT2D eigenvalue weighted by molar-refractivity contribution is 5.39. The summed E-state index contributed by atoms with van der Waals surface area (Å²) in [6.07, 6.45) is -0.552. The zero-order valence-electron chi connectivity index (χ0n) is 12.0. The van der Waals surface area contributed by atoms with Gasteiger partial charge in [0.05, 0.1) is 19.3 Å². The Balaban J connectivity index is 1.60. The van der Waals surface area contributed by atoms with Crippen LogP contribution in [0, 0.1) is 0 Å². The first-order valence-corrected chi connectivity index (χ1v) is 7.05. The van der Waals surface area contributed by atoms with E-state index >= 15 is 0 Å². The van der Waals surface area contributed by atoms with Crippen molar-refractivity contribution in [2.75, 3.05) is 20.3 Å². The summed E-state index contributed by atoms with van der Waals surface area (Å²) < 4.78 is 10.7. The van der Waals surface area contributed by atoms with E-state index in [1.54, 1.807) is 7.11 Å². The zero-order chi connectivity index (χ0) is 14.7. The molecule has 0 fully saturated rings. The molecule has 0 aromatic heterocycles. The highest BCUT2D eigenvalue weighted by Gasteiger charge is 2.23. The SMILES string of the molecule is COc1ccc(C(O)CNC2COc3ccccc32)cc1. The van der Waals surface area contributed by atoms with Crippen LogP contribution in [0.25, 0.3) is 0 Å². The number of nitrogens with one attached hydrogen (secondary N) is 1. The topological polar surface area (TPSA) is 50.7 Å². The van der Waals surface area contributed by atoms with Gasteiger partial charge in [-0.15, -0.1) is 0 Å². The molecule has 21 heavy (non-hydrogen) atoms. The van der Waals surface area contributed by atoms with Gasteiger partial charge in [0.1, 0.15) is 18.1 Å². The van der Waals surface area contributed by atoms with Crippen LogP contribution in [0.5, 0.6) is 11.5 Å². The monoisotopic (exact) mass is 285 g/mol.